The second-order valence-electron chi connectivity index (χ2n) is 5.04. The summed E-state index contributed by atoms with van der Waals surface area (Å²) in [7, 11) is -1.88. The highest BCUT2D eigenvalue weighted by Crippen LogP contribution is 2.28. The van der Waals surface area contributed by atoms with Gasteiger partial charge in [0.1, 0.15) is 0 Å². The average Bonchev–Trinajstić information content (AvgIpc) is 3.03. The summed E-state index contributed by atoms with van der Waals surface area (Å²) in [6, 6.07) is 0. The van der Waals surface area contributed by atoms with Gasteiger partial charge < -0.3 is 5.32 Å². The van der Waals surface area contributed by atoms with Crippen molar-refractivity contribution >= 4 is 32.1 Å². The second kappa shape index (κ2) is 6.33. The number of anilines is 1. The van der Waals surface area contributed by atoms with Crippen LogP contribution in [0.1, 0.15) is 27.2 Å². The highest BCUT2D eigenvalue weighted by Gasteiger charge is 2.31. The van der Waals surface area contributed by atoms with Gasteiger partial charge in [-0.2, -0.15) is 4.31 Å². The first-order chi connectivity index (χ1) is 9.95. The average molecular weight is 330 g/mol. The fraction of sp³-hybridized carbons (Fsp3) is 0.615. The molecule has 0 fully saturated rings. The molecular formula is C13H22N4O2S2. The summed E-state index contributed by atoms with van der Waals surface area (Å²) in [4.78, 5) is 5.02. The van der Waals surface area contributed by atoms with E-state index in [0.29, 0.717) is 29.8 Å². The Hall–Kier alpha value is -1.12. The van der Waals surface area contributed by atoms with Gasteiger partial charge in [-0.25, -0.2) is 13.4 Å². The van der Waals surface area contributed by atoms with Crippen molar-refractivity contribution in [1.82, 2.24) is 13.7 Å². The third kappa shape index (κ3) is 2.93. The zero-order chi connectivity index (χ0) is 15.6. The van der Waals surface area contributed by atoms with E-state index in [2.05, 4.69) is 24.1 Å². The Morgan fingerprint density at radius 3 is 2.76 bits per heavy atom. The van der Waals surface area contributed by atoms with Crippen molar-refractivity contribution in [3.8, 4) is 0 Å². The Bertz CT molecular complexity index is 705. The van der Waals surface area contributed by atoms with Crippen LogP contribution in [0.4, 0.5) is 5.82 Å². The molecule has 0 aliphatic heterocycles. The number of nitrogens with one attached hydrogen (secondary N) is 1. The van der Waals surface area contributed by atoms with E-state index in [1.54, 1.807) is 17.6 Å². The summed E-state index contributed by atoms with van der Waals surface area (Å²) in [6.45, 7) is 6.97. The first-order valence-corrected chi connectivity index (χ1v) is 9.41. The molecule has 1 unspecified atom stereocenters. The maximum atomic E-state index is 13.0. The van der Waals surface area contributed by atoms with Crippen molar-refractivity contribution in [2.75, 3.05) is 25.5 Å². The first kappa shape index (κ1) is 16.3. The van der Waals surface area contributed by atoms with Crippen LogP contribution in [0.25, 0.3) is 4.96 Å². The van der Waals surface area contributed by atoms with Crippen molar-refractivity contribution in [2.45, 2.75) is 32.2 Å². The van der Waals surface area contributed by atoms with Gasteiger partial charge in [0.15, 0.2) is 15.8 Å². The minimum atomic E-state index is -3.57. The van der Waals surface area contributed by atoms with Gasteiger partial charge in [-0.05, 0) is 5.92 Å². The number of imidazole rings is 1. The lowest BCUT2D eigenvalue weighted by atomic mass is 10.1. The topological polar surface area (TPSA) is 66.7 Å². The Balaban J connectivity index is 2.51. The monoisotopic (exact) mass is 330 g/mol. The van der Waals surface area contributed by atoms with E-state index >= 15 is 0 Å². The van der Waals surface area contributed by atoms with Crippen LogP contribution >= 0.6 is 11.3 Å². The Labute approximate surface area is 129 Å². The molecule has 0 saturated heterocycles. The number of nitrogens with zero attached hydrogens (tertiary/aromatic N) is 3. The summed E-state index contributed by atoms with van der Waals surface area (Å²) in [5.41, 5.74) is 0. The molecule has 118 valence electrons. The molecule has 2 aromatic rings. The molecule has 0 bridgehead atoms. The van der Waals surface area contributed by atoms with Crippen molar-refractivity contribution in [1.29, 1.82) is 0 Å². The van der Waals surface area contributed by atoms with Crippen molar-refractivity contribution in [3.05, 3.63) is 11.6 Å². The predicted molar refractivity (Wildman–Crippen MR) is 86.5 cm³/mol. The quantitative estimate of drug-likeness (QED) is 0.847. The molecule has 1 atom stereocenters. The SMILES string of the molecule is CCC(C)CN(CC)S(=O)(=O)c1c(NC)nc2sccn12. The lowest BCUT2D eigenvalue weighted by Gasteiger charge is -2.23. The summed E-state index contributed by atoms with van der Waals surface area (Å²) in [6.07, 6.45) is 2.70. The van der Waals surface area contributed by atoms with Gasteiger partial charge in [0, 0.05) is 31.7 Å². The number of hydrogen-bond acceptors (Lipinski definition) is 5. The third-order valence-electron chi connectivity index (χ3n) is 3.60. The number of fused-ring (bicyclic) bond motifs is 1. The Kier molecular flexibility index (Phi) is 4.90. The van der Waals surface area contributed by atoms with E-state index in [0.717, 1.165) is 6.42 Å². The van der Waals surface area contributed by atoms with E-state index in [4.69, 9.17) is 0 Å². The summed E-state index contributed by atoms with van der Waals surface area (Å²) in [5, 5.41) is 4.96. The van der Waals surface area contributed by atoms with Gasteiger partial charge in [0.2, 0.25) is 0 Å². The smallest absolute Gasteiger partial charge is 0.262 e. The molecule has 0 amide bonds. The summed E-state index contributed by atoms with van der Waals surface area (Å²) in [5.74, 6) is 0.730. The van der Waals surface area contributed by atoms with Gasteiger partial charge in [0.05, 0.1) is 0 Å². The van der Waals surface area contributed by atoms with Gasteiger partial charge in [-0.1, -0.05) is 27.2 Å². The fourth-order valence-corrected chi connectivity index (χ4v) is 4.77. The highest BCUT2D eigenvalue weighted by molar-refractivity contribution is 7.89. The molecule has 0 aliphatic rings. The minimum absolute atomic E-state index is 0.228. The Morgan fingerprint density at radius 1 is 1.48 bits per heavy atom. The van der Waals surface area contributed by atoms with E-state index in [-0.39, 0.29) is 5.03 Å². The second-order valence-corrected chi connectivity index (χ2v) is 7.77. The zero-order valence-corrected chi connectivity index (χ0v) is 14.5. The van der Waals surface area contributed by atoms with E-state index in [1.807, 2.05) is 12.3 Å². The van der Waals surface area contributed by atoms with Crippen molar-refractivity contribution in [3.63, 3.8) is 0 Å². The number of aromatic nitrogens is 2. The standard InChI is InChI=1S/C13H22N4O2S2/c1-5-10(3)9-16(6-2)21(18,19)12-11(14-4)15-13-17(12)7-8-20-13/h7-8,10,14H,5-6,9H2,1-4H3. The highest BCUT2D eigenvalue weighted by atomic mass is 32.2. The number of hydrogen-bond donors (Lipinski definition) is 1. The van der Waals surface area contributed by atoms with Crippen molar-refractivity contribution < 1.29 is 8.42 Å². The molecule has 0 spiro atoms. The molecule has 1 N–H and O–H groups in total. The van der Waals surface area contributed by atoms with Gasteiger partial charge in [-0.15, -0.1) is 11.3 Å². The molecule has 0 aromatic carbocycles. The largest absolute Gasteiger partial charge is 0.371 e. The van der Waals surface area contributed by atoms with E-state index < -0.39 is 10.0 Å². The maximum absolute atomic E-state index is 13.0. The molecule has 8 heteroatoms. The van der Waals surface area contributed by atoms with Crippen molar-refractivity contribution in [2.24, 2.45) is 5.92 Å². The van der Waals surface area contributed by atoms with Crippen LogP contribution in [-0.4, -0.2) is 42.2 Å². The van der Waals surface area contributed by atoms with Crippen LogP contribution in [0.15, 0.2) is 16.6 Å². The van der Waals surface area contributed by atoms with Gasteiger partial charge >= 0.3 is 0 Å². The zero-order valence-electron chi connectivity index (χ0n) is 12.8. The third-order valence-corrected chi connectivity index (χ3v) is 6.33. The maximum Gasteiger partial charge on any atom is 0.262 e. The molecule has 0 aliphatic carbocycles. The number of thiazole rings is 1. The summed E-state index contributed by atoms with van der Waals surface area (Å²) < 4.78 is 29.2. The van der Waals surface area contributed by atoms with Crippen LogP contribution in [0.2, 0.25) is 0 Å². The summed E-state index contributed by atoms with van der Waals surface area (Å²) >= 11 is 1.42. The van der Waals surface area contributed by atoms with Crippen LogP contribution in [0, 0.1) is 5.92 Å². The molecular weight excluding hydrogens is 308 g/mol. The molecule has 2 rings (SSSR count). The van der Waals surface area contributed by atoms with Crippen LogP contribution in [0.3, 0.4) is 0 Å². The molecule has 2 aromatic heterocycles. The van der Waals surface area contributed by atoms with Crippen LogP contribution < -0.4 is 5.32 Å². The molecule has 2 heterocycles. The molecule has 21 heavy (non-hydrogen) atoms. The van der Waals surface area contributed by atoms with Crippen LogP contribution in [-0.2, 0) is 10.0 Å². The lowest BCUT2D eigenvalue weighted by molar-refractivity contribution is 0.360. The molecule has 0 saturated carbocycles. The molecule has 6 nitrogen and oxygen atoms in total. The predicted octanol–water partition coefficient (Wildman–Crippen LogP) is 2.49. The normalized spacial score (nSPS) is 14.0. The van der Waals surface area contributed by atoms with Crippen LogP contribution in [0.5, 0.6) is 0 Å². The number of sulfonamides is 1. The number of rotatable bonds is 7. The van der Waals surface area contributed by atoms with Gasteiger partial charge in [0.25, 0.3) is 10.0 Å². The van der Waals surface area contributed by atoms with Gasteiger partial charge in [-0.3, -0.25) is 4.40 Å². The van der Waals surface area contributed by atoms with E-state index in [9.17, 15) is 8.42 Å². The lowest BCUT2D eigenvalue weighted by Crippen LogP contribution is -2.35. The Morgan fingerprint density at radius 2 is 2.19 bits per heavy atom. The minimum Gasteiger partial charge on any atom is -0.371 e. The first-order valence-electron chi connectivity index (χ1n) is 7.09. The van der Waals surface area contributed by atoms with E-state index in [1.165, 1.54) is 15.6 Å². The molecule has 0 radical (unpaired) electrons. The fourth-order valence-electron chi connectivity index (χ4n) is 2.17.